The number of hydrogen-bond acceptors (Lipinski definition) is 2. The maximum absolute atomic E-state index is 12.0. The van der Waals surface area contributed by atoms with Crippen LogP contribution in [0, 0.1) is 0 Å². The summed E-state index contributed by atoms with van der Waals surface area (Å²) in [5.41, 5.74) is 5.58. The number of amides is 1. The van der Waals surface area contributed by atoms with Crippen molar-refractivity contribution >= 4 is 5.91 Å². The lowest BCUT2D eigenvalue weighted by Gasteiger charge is -2.30. The molecule has 0 aliphatic carbocycles. The smallest absolute Gasteiger partial charge is 0.222 e. The van der Waals surface area contributed by atoms with Gasteiger partial charge >= 0.3 is 0 Å². The van der Waals surface area contributed by atoms with Gasteiger partial charge in [-0.05, 0) is 19.3 Å². The maximum atomic E-state index is 12.0. The SMILES string of the molecule is CCCCCC(=O)N(CCN)C(CC)CC. The van der Waals surface area contributed by atoms with Crippen LogP contribution in [-0.4, -0.2) is 29.9 Å². The second-order valence-electron chi connectivity index (χ2n) is 4.30. The highest BCUT2D eigenvalue weighted by Gasteiger charge is 2.19. The molecule has 3 nitrogen and oxygen atoms in total. The van der Waals surface area contributed by atoms with Crippen LogP contribution in [0.2, 0.25) is 0 Å². The Hall–Kier alpha value is -0.570. The van der Waals surface area contributed by atoms with Crippen LogP contribution in [0.25, 0.3) is 0 Å². The van der Waals surface area contributed by atoms with Crippen LogP contribution in [-0.2, 0) is 4.79 Å². The average molecular weight is 228 g/mol. The number of nitrogens with two attached hydrogens (primary N) is 1. The van der Waals surface area contributed by atoms with Crippen LogP contribution in [0.3, 0.4) is 0 Å². The molecule has 0 aromatic carbocycles. The standard InChI is InChI=1S/C13H28N2O/c1-4-7-8-9-13(16)15(11-10-14)12(5-2)6-3/h12H,4-11,14H2,1-3H3. The normalized spacial score (nSPS) is 10.8. The van der Waals surface area contributed by atoms with Gasteiger partial charge in [-0.15, -0.1) is 0 Å². The van der Waals surface area contributed by atoms with Crippen LogP contribution >= 0.6 is 0 Å². The van der Waals surface area contributed by atoms with Crippen molar-refractivity contribution in [1.29, 1.82) is 0 Å². The fourth-order valence-corrected chi connectivity index (χ4v) is 2.05. The van der Waals surface area contributed by atoms with Crippen LogP contribution in [0.4, 0.5) is 0 Å². The Bertz CT molecular complexity index is 179. The Morgan fingerprint density at radius 2 is 1.81 bits per heavy atom. The van der Waals surface area contributed by atoms with E-state index in [4.69, 9.17) is 5.73 Å². The highest BCUT2D eigenvalue weighted by atomic mass is 16.2. The second-order valence-corrected chi connectivity index (χ2v) is 4.30. The molecule has 0 radical (unpaired) electrons. The lowest BCUT2D eigenvalue weighted by Crippen LogP contribution is -2.42. The molecule has 16 heavy (non-hydrogen) atoms. The molecule has 0 fully saturated rings. The average Bonchev–Trinajstić information content (AvgIpc) is 2.29. The molecule has 0 aromatic rings. The van der Waals surface area contributed by atoms with Crippen molar-refractivity contribution in [3.63, 3.8) is 0 Å². The Morgan fingerprint density at radius 3 is 2.25 bits per heavy atom. The molecule has 0 unspecified atom stereocenters. The van der Waals surface area contributed by atoms with Crippen molar-refractivity contribution in [2.75, 3.05) is 13.1 Å². The molecule has 3 heteroatoms. The van der Waals surface area contributed by atoms with E-state index in [0.29, 0.717) is 25.6 Å². The molecule has 0 bridgehead atoms. The van der Waals surface area contributed by atoms with Gasteiger partial charge in [-0.3, -0.25) is 4.79 Å². The Kier molecular flexibility index (Phi) is 9.30. The summed E-state index contributed by atoms with van der Waals surface area (Å²) in [5.74, 6) is 0.285. The van der Waals surface area contributed by atoms with Gasteiger partial charge in [0.05, 0.1) is 0 Å². The zero-order chi connectivity index (χ0) is 12.4. The van der Waals surface area contributed by atoms with Gasteiger partial charge in [-0.1, -0.05) is 33.6 Å². The summed E-state index contributed by atoms with van der Waals surface area (Å²) in [6.45, 7) is 7.70. The molecule has 0 aliphatic rings. The number of carbonyl (C=O) groups is 1. The van der Waals surface area contributed by atoms with Crippen molar-refractivity contribution in [3.8, 4) is 0 Å². The van der Waals surface area contributed by atoms with Gasteiger partial charge < -0.3 is 10.6 Å². The van der Waals surface area contributed by atoms with Crippen molar-refractivity contribution in [2.45, 2.75) is 65.3 Å². The molecule has 0 heterocycles. The molecule has 96 valence electrons. The fraction of sp³-hybridized carbons (Fsp3) is 0.923. The minimum Gasteiger partial charge on any atom is -0.338 e. The minimum absolute atomic E-state index is 0.285. The molecule has 0 atom stereocenters. The zero-order valence-corrected chi connectivity index (χ0v) is 11.2. The summed E-state index contributed by atoms with van der Waals surface area (Å²) in [6, 6.07) is 0.373. The first-order valence-electron chi connectivity index (χ1n) is 6.70. The molecule has 1 amide bonds. The van der Waals surface area contributed by atoms with E-state index in [0.717, 1.165) is 32.1 Å². The summed E-state index contributed by atoms with van der Waals surface area (Å²) in [5, 5.41) is 0. The first-order chi connectivity index (χ1) is 7.71. The van der Waals surface area contributed by atoms with Crippen LogP contribution in [0.15, 0.2) is 0 Å². The molecule has 0 saturated carbocycles. The molecule has 0 rings (SSSR count). The highest BCUT2D eigenvalue weighted by Crippen LogP contribution is 2.11. The first-order valence-corrected chi connectivity index (χ1v) is 6.70. The maximum Gasteiger partial charge on any atom is 0.222 e. The van der Waals surface area contributed by atoms with E-state index in [1.807, 2.05) is 4.90 Å². The van der Waals surface area contributed by atoms with E-state index in [1.165, 1.54) is 0 Å². The van der Waals surface area contributed by atoms with Gasteiger partial charge in [0.15, 0.2) is 0 Å². The molecule has 0 spiro atoms. The number of nitrogens with zero attached hydrogens (tertiary/aromatic N) is 1. The summed E-state index contributed by atoms with van der Waals surface area (Å²) in [6.07, 6.45) is 6.05. The van der Waals surface area contributed by atoms with Crippen molar-refractivity contribution in [3.05, 3.63) is 0 Å². The van der Waals surface area contributed by atoms with E-state index in [2.05, 4.69) is 20.8 Å². The number of rotatable bonds is 9. The van der Waals surface area contributed by atoms with Crippen LogP contribution in [0.5, 0.6) is 0 Å². The topological polar surface area (TPSA) is 46.3 Å². The summed E-state index contributed by atoms with van der Waals surface area (Å²) in [7, 11) is 0. The third-order valence-corrected chi connectivity index (χ3v) is 3.07. The van der Waals surface area contributed by atoms with Gasteiger partial charge in [-0.2, -0.15) is 0 Å². The second kappa shape index (κ2) is 9.64. The Labute approximate surface area is 100 Å². The Balaban J connectivity index is 4.21. The molecule has 0 aliphatic heterocycles. The van der Waals surface area contributed by atoms with Gasteiger partial charge in [0.1, 0.15) is 0 Å². The van der Waals surface area contributed by atoms with E-state index < -0.39 is 0 Å². The van der Waals surface area contributed by atoms with Crippen molar-refractivity contribution in [1.82, 2.24) is 4.90 Å². The molecule has 2 N–H and O–H groups in total. The predicted octanol–water partition coefficient (Wildman–Crippen LogP) is 2.54. The molecular formula is C13H28N2O. The molecular weight excluding hydrogens is 200 g/mol. The highest BCUT2D eigenvalue weighted by molar-refractivity contribution is 5.76. The number of hydrogen-bond donors (Lipinski definition) is 1. The monoisotopic (exact) mass is 228 g/mol. The lowest BCUT2D eigenvalue weighted by molar-refractivity contribution is -0.133. The van der Waals surface area contributed by atoms with Crippen molar-refractivity contribution < 1.29 is 4.79 Å². The van der Waals surface area contributed by atoms with Crippen LogP contribution in [0.1, 0.15) is 59.3 Å². The first kappa shape index (κ1) is 15.4. The summed E-state index contributed by atoms with van der Waals surface area (Å²) >= 11 is 0. The third-order valence-electron chi connectivity index (χ3n) is 3.07. The van der Waals surface area contributed by atoms with Gasteiger partial charge in [0, 0.05) is 25.6 Å². The number of unbranched alkanes of at least 4 members (excludes halogenated alkanes) is 2. The minimum atomic E-state index is 0.285. The fourth-order valence-electron chi connectivity index (χ4n) is 2.05. The molecule has 0 aromatic heterocycles. The Morgan fingerprint density at radius 1 is 1.19 bits per heavy atom. The molecule has 0 saturated heterocycles. The van der Waals surface area contributed by atoms with Crippen LogP contribution < -0.4 is 5.73 Å². The van der Waals surface area contributed by atoms with Crippen molar-refractivity contribution in [2.24, 2.45) is 5.73 Å². The third kappa shape index (κ3) is 5.50. The van der Waals surface area contributed by atoms with E-state index in [1.54, 1.807) is 0 Å². The van der Waals surface area contributed by atoms with Gasteiger partial charge in [-0.25, -0.2) is 0 Å². The van der Waals surface area contributed by atoms with Gasteiger partial charge in [0.25, 0.3) is 0 Å². The zero-order valence-electron chi connectivity index (χ0n) is 11.2. The van der Waals surface area contributed by atoms with Gasteiger partial charge in [0.2, 0.25) is 5.91 Å². The summed E-state index contributed by atoms with van der Waals surface area (Å²) in [4.78, 5) is 14.0. The van der Waals surface area contributed by atoms with E-state index >= 15 is 0 Å². The van der Waals surface area contributed by atoms with E-state index in [9.17, 15) is 4.79 Å². The van der Waals surface area contributed by atoms with E-state index in [-0.39, 0.29) is 5.91 Å². The number of carbonyl (C=O) groups excluding carboxylic acids is 1. The predicted molar refractivity (Wildman–Crippen MR) is 69.3 cm³/mol. The summed E-state index contributed by atoms with van der Waals surface area (Å²) < 4.78 is 0. The quantitative estimate of drug-likeness (QED) is 0.616. The lowest BCUT2D eigenvalue weighted by atomic mass is 10.1. The largest absolute Gasteiger partial charge is 0.338 e.